The largest absolute Gasteiger partial charge is 0.467 e. The molecule has 1 amide bonds. The minimum Gasteiger partial charge on any atom is -0.467 e. The van der Waals surface area contributed by atoms with Gasteiger partial charge < -0.3 is 19.2 Å². The van der Waals surface area contributed by atoms with E-state index < -0.39 is 12.0 Å². The Morgan fingerprint density at radius 2 is 1.83 bits per heavy atom. The third kappa shape index (κ3) is 8.98. The second-order valence-electron chi connectivity index (χ2n) is 11.2. The van der Waals surface area contributed by atoms with Crippen molar-refractivity contribution in [2.24, 2.45) is 5.92 Å². The second-order valence-corrected chi connectivity index (χ2v) is 12.1. The van der Waals surface area contributed by atoms with Crippen LogP contribution in [-0.4, -0.2) is 36.5 Å². The molecule has 6 nitrogen and oxygen atoms in total. The zero-order valence-electron chi connectivity index (χ0n) is 25.2. The molecule has 1 saturated carbocycles. The van der Waals surface area contributed by atoms with E-state index in [0.29, 0.717) is 18.6 Å². The van der Waals surface area contributed by atoms with E-state index in [-0.39, 0.29) is 18.6 Å². The van der Waals surface area contributed by atoms with E-state index in [4.69, 9.17) is 13.9 Å². The van der Waals surface area contributed by atoms with E-state index in [1.165, 1.54) is 32.1 Å². The molecule has 1 aliphatic rings. The molecule has 226 valence electrons. The number of furan rings is 1. The van der Waals surface area contributed by atoms with Crippen molar-refractivity contribution in [3.63, 3.8) is 0 Å². The number of amides is 1. The Hall–Kier alpha value is -3.03. The highest BCUT2D eigenvalue weighted by Crippen LogP contribution is 2.33. The van der Waals surface area contributed by atoms with Gasteiger partial charge in [-0.2, -0.15) is 11.8 Å². The normalized spacial score (nSPS) is 15.2. The lowest BCUT2D eigenvalue weighted by Gasteiger charge is -2.24. The fraction of sp³-hybridized carbons (Fsp3) is 0.486. The molecule has 2 atom stereocenters. The van der Waals surface area contributed by atoms with Gasteiger partial charge in [-0.1, -0.05) is 62.4 Å². The van der Waals surface area contributed by atoms with Crippen molar-refractivity contribution in [1.82, 2.24) is 5.32 Å². The minimum atomic E-state index is -0.698. The van der Waals surface area contributed by atoms with Gasteiger partial charge in [-0.05, 0) is 97.6 Å². The lowest BCUT2D eigenvalue weighted by atomic mass is 9.85. The molecule has 1 heterocycles. The van der Waals surface area contributed by atoms with Crippen molar-refractivity contribution in [3.8, 4) is 11.1 Å². The number of carbonyl (C=O) groups excluding carboxylic acids is 2. The van der Waals surface area contributed by atoms with Crippen molar-refractivity contribution >= 4 is 23.6 Å². The van der Waals surface area contributed by atoms with Crippen LogP contribution >= 0.6 is 11.8 Å². The van der Waals surface area contributed by atoms with Crippen molar-refractivity contribution < 1.29 is 23.5 Å². The zero-order valence-corrected chi connectivity index (χ0v) is 26.0. The maximum Gasteiger partial charge on any atom is 0.328 e. The standard InChI is InChI=1S/C35H45NO5S/c1-4-39-35(38)31(20-22-42-3)36-34(37)29-18-16-27(23-30(29)28-14-9-8-11-25(28)2)24-41-33(32-15-10-21-40-32)19-17-26-12-6-5-7-13-26/h8-11,14-16,18,21,23,26,31,33H,4-7,12-13,17,19-20,22,24H2,1-3H3,(H,36,37)/t31-,33?/m0/s1. The van der Waals surface area contributed by atoms with Gasteiger partial charge in [0.2, 0.25) is 0 Å². The Balaban J connectivity index is 1.55. The quantitative estimate of drug-likeness (QED) is 0.179. The highest BCUT2D eigenvalue weighted by molar-refractivity contribution is 7.98. The molecule has 1 aromatic heterocycles. The number of rotatable bonds is 15. The van der Waals surface area contributed by atoms with Gasteiger partial charge in [-0.3, -0.25) is 4.79 Å². The summed E-state index contributed by atoms with van der Waals surface area (Å²) >= 11 is 1.63. The summed E-state index contributed by atoms with van der Waals surface area (Å²) in [6.07, 6.45) is 12.8. The number of carbonyl (C=O) groups is 2. The summed E-state index contributed by atoms with van der Waals surface area (Å²) in [6.45, 7) is 4.48. The molecule has 1 fully saturated rings. The van der Waals surface area contributed by atoms with Gasteiger partial charge in [0.1, 0.15) is 17.9 Å². The predicted molar refractivity (Wildman–Crippen MR) is 170 cm³/mol. The summed E-state index contributed by atoms with van der Waals surface area (Å²) in [6, 6.07) is 17.1. The van der Waals surface area contributed by atoms with Crippen LogP contribution in [0, 0.1) is 12.8 Å². The summed E-state index contributed by atoms with van der Waals surface area (Å²) in [5.74, 6) is 1.67. The molecule has 0 bridgehead atoms. The van der Waals surface area contributed by atoms with Gasteiger partial charge in [0.05, 0.1) is 19.5 Å². The number of nitrogens with one attached hydrogen (secondary N) is 1. The minimum absolute atomic E-state index is 0.117. The van der Waals surface area contributed by atoms with Gasteiger partial charge in [0.15, 0.2) is 0 Å². The van der Waals surface area contributed by atoms with E-state index in [1.54, 1.807) is 24.9 Å². The molecule has 0 spiro atoms. The van der Waals surface area contributed by atoms with Crippen LogP contribution in [0.3, 0.4) is 0 Å². The number of thioether (sulfide) groups is 1. The van der Waals surface area contributed by atoms with E-state index in [2.05, 4.69) is 5.32 Å². The van der Waals surface area contributed by atoms with Crippen LogP contribution in [-0.2, 0) is 20.9 Å². The molecule has 2 aromatic carbocycles. The molecule has 0 saturated heterocycles. The highest BCUT2D eigenvalue weighted by atomic mass is 32.2. The lowest BCUT2D eigenvalue weighted by molar-refractivity contribution is -0.145. The smallest absolute Gasteiger partial charge is 0.328 e. The zero-order chi connectivity index (χ0) is 29.7. The molecule has 4 rings (SSSR count). The molecule has 7 heteroatoms. The topological polar surface area (TPSA) is 77.8 Å². The average Bonchev–Trinajstić information content (AvgIpc) is 3.55. The average molecular weight is 592 g/mol. The fourth-order valence-electron chi connectivity index (χ4n) is 5.78. The summed E-state index contributed by atoms with van der Waals surface area (Å²) in [4.78, 5) is 26.2. The van der Waals surface area contributed by atoms with E-state index in [1.807, 2.05) is 67.8 Å². The third-order valence-electron chi connectivity index (χ3n) is 8.12. The molecule has 1 N–H and O–H groups in total. The van der Waals surface area contributed by atoms with E-state index in [0.717, 1.165) is 52.5 Å². The second kappa shape index (κ2) is 16.6. The lowest BCUT2D eigenvalue weighted by Crippen LogP contribution is -2.42. The molecule has 1 unspecified atom stereocenters. The summed E-state index contributed by atoms with van der Waals surface area (Å²) in [7, 11) is 0. The fourth-order valence-corrected chi connectivity index (χ4v) is 6.25. The SMILES string of the molecule is CCOC(=O)[C@H](CCSC)NC(=O)c1ccc(COC(CCC2CCCCC2)c2ccco2)cc1-c1ccccc1C. The number of hydrogen-bond acceptors (Lipinski definition) is 6. The van der Waals surface area contributed by atoms with Gasteiger partial charge in [-0.25, -0.2) is 4.79 Å². The number of benzene rings is 2. The van der Waals surface area contributed by atoms with Gasteiger partial charge in [-0.15, -0.1) is 0 Å². The van der Waals surface area contributed by atoms with Gasteiger partial charge in [0, 0.05) is 5.56 Å². The molecule has 0 radical (unpaired) electrons. The third-order valence-corrected chi connectivity index (χ3v) is 8.77. The maximum atomic E-state index is 13.6. The summed E-state index contributed by atoms with van der Waals surface area (Å²) in [5.41, 5.74) is 4.35. The Kier molecular flexibility index (Phi) is 12.6. The first-order chi connectivity index (χ1) is 20.5. The van der Waals surface area contributed by atoms with Crippen molar-refractivity contribution in [3.05, 3.63) is 83.3 Å². The first kappa shape index (κ1) is 31.9. The molecule has 42 heavy (non-hydrogen) atoms. The van der Waals surface area contributed by atoms with E-state index in [9.17, 15) is 9.59 Å². The van der Waals surface area contributed by atoms with Crippen LogP contribution < -0.4 is 5.32 Å². The number of aryl methyl sites for hydroxylation is 1. The molecule has 0 aliphatic heterocycles. The van der Waals surface area contributed by atoms with Gasteiger partial charge in [0.25, 0.3) is 5.91 Å². The number of hydrogen-bond donors (Lipinski definition) is 1. The van der Waals surface area contributed by atoms with Crippen LogP contribution in [0.25, 0.3) is 11.1 Å². The van der Waals surface area contributed by atoms with Crippen LogP contribution in [0.5, 0.6) is 0 Å². The highest BCUT2D eigenvalue weighted by Gasteiger charge is 2.25. The molecule has 1 aliphatic carbocycles. The van der Waals surface area contributed by atoms with Crippen LogP contribution in [0.15, 0.2) is 65.3 Å². The molecular weight excluding hydrogens is 546 g/mol. The molecular formula is C35H45NO5S. The van der Waals surface area contributed by atoms with Crippen LogP contribution in [0.4, 0.5) is 0 Å². The number of ether oxygens (including phenoxy) is 2. The van der Waals surface area contributed by atoms with Crippen LogP contribution in [0.1, 0.15) is 91.6 Å². The van der Waals surface area contributed by atoms with Gasteiger partial charge >= 0.3 is 5.97 Å². The summed E-state index contributed by atoms with van der Waals surface area (Å²) in [5, 5.41) is 2.95. The molecule has 3 aromatic rings. The van der Waals surface area contributed by atoms with Crippen molar-refractivity contribution in [2.75, 3.05) is 18.6 Å². The Labute approximate surface area is 254 Å². The first-order valence-electron chi connectivity index (χ1n) is 15.3. The Morgan fingerprint density at radius 1 is 1.02 bits per heavy atom. The maximum absolute atomic E-state index is 13.6. The van der Waals surface area contributed by atoms with Crippen molar-refractivity contribution in [1.29, 1.82) is 0 Å². The predicted octanol–water partition coefficient (Wildman–Crippen LogP) is 8.29. The number of esters is 1. The summed E-state index contributed by atoms with van der Waals surface area (Å²) < 4.78 is 17.5. The monoisotopic (exact) mass is 591 g/mol. The van der Waals surface area contributed by atoms with E-state index >= 15 is 0 Å². The van der Waals surface area contributed by atoms with Crippen molar-refractivity contribution in [2.45, 2.75) is 84.0 Å². The Bertz CT molecular complexity index is 1270. The Morgan fingerprint density at radius 3 is 2.55 bits per heavy atom. The van der Waals surface area contributed by atoms with Crippen LogP contribution in [0.2, 0.25) is 0 Å². The first-order valence-corrected chi connectivity index (χ1v) is 16.7.